The highest BCUT2D eigenvalue weighted by atomic mass is 16.3. The van der Waals surface area contributed by atoms with E-state index < -0.39 is 0 Å². The Bertz CT molecular complexity index is 366. The Balaban J connectivity index is 2.46. The fourth-order valence-corrected chi connectivity index (χ4v) is 1.44. The zero-order valence-corrected chi connectivity index (χ0v) is 9.86. The Morgan fingerprint density at radius 3 is 2.69 bits per heavy atom. The number of benzene rings is 1. The summed E-state index contributed by atoms with van der Waals surface area (Å²) < 4.78 is 0. The second-order valence-electron chi connectivity index (χ2n) is 4.87. The molecule has 0 unspecified atom stereocenters. The van der Waals surface area contributed by atoms with E-state index in [1.54, 1.807) is 18.2 Å². The summed E-state index contributed by atoms with van der Waals surface area (Å²) in [4.78, 5) is 11.6. The summed E-state index contributed by atoms with van der Waals surface area (Å²) in [7, 11) is 0. The van der Waals surface area contributed by atoms with E-state index in [-0.39, 0.29) is 17.1 Å². The van der Waals surface area contributed by atoms with E-state index in [1.807, 2.05) is 19.9 Å². The lowest BCUT2D eigenvalue weighted by molar-refractivity contribution is -0.118. The van der Waals surface area contributed by atoms with Crippen LogP contribution in [0.15, 0.2) is 24.3 Å². The number of aromatic hydroxyl groups is 1. The lowest BCUT2D eigenvalue weighted by Crippen LogP contribution is -2.32. The molecular formula is C13H19NO2. The molecule has 3 nitrogen and oxygen atoms in total. The lowest BCUT2D eigenvalue weighted by Gasteiger charge is -2.17. The molecule has 0 heterocycles. The van der Waals surface area contributed by atoms with Crippen LogP contribution in [0.3, 0.4) is 0 Å². The second-order valence-corrected chi connectivity index (χ2v) is 4.87. The van der Waals surface area contributed by atoms with Gasteiger partial charge in [-0.15, -0.1) is 0 Å². The fraction of sp³-hybridized carbons (Fsp3) is 0.462. The van der Waals surface area contributed by atoms with Crippen molar-refractivity contribution in [2.45, 2.75) is 38.6 Å². The van der Waals surface area contributed by atoms with Crippen LogP contribution in [0, 0.1) is 0 Å². The number of hydrogen-bond donors (Lipinski definition) is 2. The quantitative estimate of drug-likeness (QED) is 0.799. The number of hydrogen-bond acceptors (Lipinski definition) is 3. The Kier molecular flexibility index (Phi) is 4.07. The number of phenols is 1. The van der Waals surface area contributed by atoms with Crippen LogP contribution < -0.4 is 5.73 Å². The molecule has 0 aliphatic carbocycles. The SMILES string of the molecule is CC(C)(N)CCC(=O)Cc1cccc(O)c1. The molecule has 88 valence electrons. The number of carbonyl (C=O) groups is 1. The predicted molar refractivity (Wildman–Crippen MR) is 64.3 cm³/mol. The molecule has 0 fully saturated rings. The van der Waals surface area contributed by atoms with Gasteiger partial charge in [-0.2, -0.15) is 0 Å². The summed E-state index contributed by atoms with van der Waals surface area (Å²) in [6.45, 7) is 3.82. The number of nitrogens with two attached hydrogens (primary N) is 1. The highest BCUT2D eigenvalue weighted by molar-refractivity contribution is 5.81. The van der Waals surface area contributed by atoms with Crippen molar-refractivity contribution < 1.29 is 9.90 Å². The minimum atomic E-state index is -0.297. The predicted octanol–water partition coefficient (Wildman–Crippen LogP) is 2.02. The van der Waals surface area contributed by atoms with Crippen molar-refractivity contribution in [2.75, 3.05) is 0 Å². The first-order valence-electron chi connectivity index (χ1n) is 5.45. The van der Waals surface area contributed by atoms with Crippen LogP contribution in [0.1, 0.15) is 32.3 Å². The van der Waals surface area contributed by atoms with Gasteiger partial charge in [-0.3, -0.25) is 4.79 Å². The Labute approximate surface area is 96.3 Å². The molecular weight excluding hydrogens is 202 g/mol. The van der Waals surface area contributed by atoms with Crippen molar-refractivity contribution in [3.05, 3.63) is 29.8 Å². The van der Waals surface area contributed by atoms with Gasteiger partial charge in [-0.25, -0.2) is 0 Å². The minimum absolute atomic E-state index is 0.157. The fourth-order valence-electron chi connectivity index (χ4n) is 1.44. The van der Waals surface area contributed by atoms with Gasteiger partial charge in [-0.05, 0) is 38.0 Å². The average molecular weight is 221 g/mol. The number of carbonyl (C=O) groups excluding carboxylic acids is 1. The Morgan fingerprint density at radius 2 is 2.12 bits per heavy atom. The maximum Gasteiger partial charge on any atom is 0.137 e. The highest BCUT2D eigenvalue weighted by Crippen LogP contribution is 2.14. The van der Waals surface area contributed by atoms with Crippen LogP contribution in [0.5, 0.6) is 5.75 Å². The van der Waals surface area contributed by atoms with Crippen molar-refractivity contribution in [2.24, 2.45) is 5.73 Å². The van der Waals surface area contributed by atoms with E-state index in [9.17, 15) is 9.90 Å². The van der Waals surface area contributed by atoms with Crippen LogP contribution in [-0.4, -0.2) is 16.4 Å². The molecule has 1 rings (SSSR count). The largest absolute Gasteiger partial charge is 0.508 e. The van der Waals surface area contributed by atoms with Crippen molar-refractivity contribution >= 4 is 5.78 Å². The summed E-state index contributed by atoms with van der Waals surface area (Å²) in [6.07, 6.45) is 1.54. The average Bonchev–Trinajstić information content (AvgIpc) is 2.14. The van der Waals surface area contributed by atoms with E-state index >= 15 is 0 Å². The molecule has 3 N–H and O–H groups in total. The topological polar surface area (TPSA) is 63.3 Å². The van der Waals surface area contributed by atoms with Crippen LogP contribution in [0.2, 0.25) is 0 Å². The highest BCUT2D eigenvalue weighted by Gasteiger charge is 2.13. The van der Waals surface area contributed by atoms with E-state index in [0.717, 1.165) is 5.56 Å². The van der Waals surface area contributed by atoms with Gasteiger partial charge >= 0.3 is 0 Å². The zero-order chi connectivity index (χ0) is 12.2. The summed E-state index contributed by atoms with van der Waals surface area (Å²) in [6, 6.07) is 6.79. The standard InChI is InChI=1S/C13H19NO2/c1-13(2,14)7-6-12(16)9-10-4-3-5-11(15)8-10/h3-5,8,15H,6-7,9,14H2,1-2H3. The summed E-state index contributed by atoms with van der Waals surface area (Å²) in [5.74, 6) is 0.355. The molecule has 0 aliphatic heterocycles. The summed E-state index contributed by atoms with van der Waals surface area (Å²) >= 11 is 0. The smallest absolute Gasteiger partial charge is 0.137 e. The van der Waals surface area contributed by atoms with Gasteiger partial charge in [0.15, 0.2) is 0 Å². The van der Waals surface area contributed by atoms with Crippen LogP contribution >= 0.6 is 0 Å². The third-order valence-electron chi connectivity index (χ3n) is 2.36. The lowest BCUT2D eigenvalue weighted by atomic mass is 9.96. The van der Waals surface area contributed by atoms with Gasteiger partial charge in [0, 0.05) is 18.4 Å². The van der Waals surface area contributed by atoms with Crippen molar-refractivity contribution in [3.8, 4) is 5.75 Å². The third kappa shape index (κ3) is 4.94. The number of rotatable bonds is 5. The second kappa shape index (κ2) is 5.12. The molecule has 1 aromatic rings. The van der Waals surface area contributed by atoms with Crippen LogP contribution in [0.4, 0.5) is 0 Å². The first-order chi connectivity index (χ1) is 7.37. The Morgan fingerprint density at radius 1 is 1.44 bits per heavy atom. The molecule has 0 spiro atoms. The molecule has 0 aliphatic rings. The van der Waals surface area contributed by atoms with Gasteiger partial charge in [0.2, 0.25) is 0 Å². The molecule has 1 aromatic carbocycles. The van der Waals surface area contributed by atoms with Gasteiger partial charge in [0.1, 0.15) is 11.5 Å². The van der Waals surface area contributed by atoms with E-state index in [2.05, 4.69) is 0 Å². The number of ketones is 1. The maximum atomic E-state index is 11.6. The Hall–Kier alpha value is -1.35. The van der Waals surface area contributed by atoms with Crippen LogP contribution in [-0.2, 0) is 11.2 Å². The molecule has 3 heteroatoms. The molecule has 0 radical (unpaired) electrons. The summed E-state index contributed by atoms with van der Waals surface area (Å²) in [5, 5.41) is 9.25. The summed E-state index contributed by atoms with van der Waals surface area (Å²) in [5.41, 5.74) is 6.36. The molecule has 0 saturated carbocycles. The van der Waals surface area contributed by atoms with Gasteiger partial charge in [0.05, 0.1) is 0 Å². The van der Waals surface area contributed by atoms with E-state index in [4.69, 9.17) is 5.73 Å². The molecule has 0 bridgehead atoms. The zero-order valence-electron chi connectivity index (χ0n) is 9.86. The van der Waals surface area contributed by atoms with Gasteiger partial charge in [-0.1, -0.05) is 12.1 Å². The van der Waals surface area contributed by atoms with E-state index in [0.29, 0.717) is 19.3 Å². The first kappa shape index (κ1) is 12.7. The van der Waals surface area contributed by atoms with E-state index in [1.165, 1.54) is 0 Å². The first-order valence-corrected chi connectivity index (χ1v) is 5.45. The monoisotopic (exact) mass is 221 g/mol. The third-order valence-corrected chi connectivity index (χ3v) is 2.36. The molecule has 0 atom stereocenters. The molecule has 16 heavy (non-hydrogen) atoms. The van der Waals surface area contributed by atoms with Gasteiger partial charge in [0.25, 0.3) is 0 Å². The molecule has 0 amide bonds. The van der Waals surface area contributed by atoms with Gasteiger partial charge < -0.3 is 10.8 Å². The number of Topliss-reactive ketones (excluding diaryl/α,β-unsaturated/α-hetero) is 1. The minimum Gasteiger partial charge on any atom is -0.508 e. The normalized spacial score (nSPS) is 11.4. The van der Waals surface area contributed by atoms with Crippen LogP contribution in [0.25, 0.3) is 0 Å². The number of phenolic OH excluding ortho intramolecular Hbond substituents is 1. The van der Waals surface area contributed by atoms with Crippen molar-refractivity contribution in [1.82, 2.24) is 0 Å². The maximum absolute atomic E-state index is 11.6. The van der Waals surface area contributed by atoms with Crippen molar-refractivity contribution in [3.63, 3.8) is 0 Å². The molecule has 0 aromatic heterocycles. The molecule has 0 saturated heterocycles. The van der Waals surface area contributed by atoms with Crippen molar-refractivity contribution in [1.29, 1.82) is 0 Å².